The summed E-state index contributed by atoms with van der Waals surface area (Å²) in [6.45, 7) is 2.63. The summed E-state index contributed by atoms with van der Waals surface area (Å²) in [5.74, 6) is 1.32. The number of aryl methyl sites for hydroxylation is 1. The summed E-state index contributed by atoms with van der Waals surface area (Å²) < 4.78 is 20.6. The first-order valence-corrected chi connectivity index (χ1v) is 8.46. The van der Waals surface area contributed by atoms with Crippen molar-refractivity contribution in [3.05, 3.63) is 53.9 Å². The van der Waals surface area contributed by atoms with Crippen LogP contribution in [-0.2, 0) is 13.6 Å². The number of hydrogen-bond acceptors (Lipinski definition) is 5. The zero-order chi connectivity index (χ0) is 17.2. The lowest BCUT2D eigenvalue weighted by atomic mass is 9.91. The number of hydrogen-bond donors (Lipinski definition) is 0. The van der Waals surface area contributed by atoms with Crippen LogP contribution in [0, 0.1) is 5.82 Å². The van der Waals surface area contributed by atoms with E-state index in [2.05, 4.69) is 26.4 Å². The molecule has 0 amide bonds. The van der Waals surface area contributed by atoms with Crippen molar-refractivity contribution in [2.75, 3.05) is 13.1 Å². The Bertz CT molecular complexity index is 833. The highest BCUT2D eigenvalue weighted by atomic mass is 19.1. The molecule has 0 atom stereocenters. The molecule has 0 N–H and O–H groups in total. The zero-order valence-electron chi connectivity index (χ0n) is 14.1. The molecular weight excluding hydrogens is 321 g/mol. The minimum atomic E-state index is -0.278. The van der Waals surface area contributed by atoms with Gasteiger partial charge in [-0.25, -0.2) is 4.39 Å². The molecule has 4 rings (SSSR count). The highest BCUT2D eigenvalue weighted by Gasteiger charge is 2.23. The molecule has 3 heterocycles. The predicted octanol–water partition coefficient (Wildman–Crippen LogP) is 2.99. The van der Waals surface area contributed by atoms with Crippen LogP contribution in [0.3, 0.4) is 0 Å². The van der Waals surface area contributed by atoms with Crippen molar-refractivity contribution in [3.8, 4) is 11.5 Å². The van der Waals surface area contributed by atoms with Gasteiger partial charge < -0.3 is 4.42 Å². The normalized spacial score (nSPS) is 16.4. The van der Waals surface area contributed by atoms with E-state index in [-0.39, 0.29) is 5.82 Å². The van der Waals surface area contributed by atoms with Crippen LogP contribution >= 0.6 is 0 Å². The van der Waals surface area contributed by atoms with E-state index in [1.807, 2.05) is 17.9 Å². The van der Waals surface area contributed by atoms with Crippen molar-refractivity contribution in [1.29, 1.82) is 0 Å². The monoisotopic (exact) mass is 341 g/mol. The summed E-state index contributed by atoms with van der Waals surface area (Å²) >= 11 is 0. The zero-order valence-corrected chi connectivity index (χ0v) is 14.1. The summed E-state index contributed by atoms with van der Waals surface area (Å²) in [4.78, 5) is 2.33. The number of aromatic nitrogens is 4. The molecule has 1 aromatic carbocycles. The van der Waals surface area contributed by atoms with Gasteiger partial charge in [-0.2, -0.15) is 5.10 Å². The predicted molar refractivity (Wildman–Crippen MR) is 90.2 cm³/mol. The summed E-state index contributed by atoms with van der Waals surface area (Å²) in [5.41, 5.74) is 2.05. The molecule has 130 valence electrons. The standard InChI is InChI=1S/C18H20FN5O/c1-23-11-15(10-20-23)13-6-8-24(9-7-13)12-17-21-22-18(25-17)14-2-4-16(19)5-3-14/h2-5,10-11,13H,6-9,12H2,1H3. The molecule has 3 aromatic rings. The van der Waals surface area contributed by atoms with Gasteiger partial charge in [0.05, 0.1) is 12.7 Å². The third-order valence-corrected chi connectivity index (χ3v) is 4.70. The Morgan fingerprint density at radius 3 is 2.60 bits per heavy atom. The summed E-state index contributed by atoms with van der Waals surface area (Å²) in [5, 5.41) is 12.5. The maximum absolute atomic E-state index is 13.0. The molecule has 25 heavy (non-hydrogen) atoms. The van der Waals surface area contributed by atoms with Crippen LogP contribution < -0.4 is 0 Å². The first-order chi connectivity index (χ1) is 12.2. The molecule has 1 aliphatic heterocycles. The molecule has 1 aliphatic rings. The fourth-order valence-electron chi connectivity index (χ4n) is 3.29. The molecule has 6 nitrogen and oxygen atoms in total. The molecule has 1 saturated heterocycles. The van der Waals surface area contributed by atoms with Crippen molar-refractivity contribution in [2.24, 2.45) is 7.05 Å². The molecule has 0 radical (unpaired) electrons. The second-order valence-corrected chi connectivity index (χ2v) is 6.51. The second kappa shape index (κ2) is 6.76. The Balaban J connectivity index is 1.35. The van der Waals surface area contributed by atoms with Crippen molar-refractivity contribution >= 4 is 0 Å². The molecule has 0 aliphatic carbocycles. The van der Waals surface area contributed by atoms with Crippen molar-refractivity contribution in [3.63, 3.8) is 0 Å². The van der Waals surface area contributed by atoms with Crippen molar-refractivity contribution < 1.29 is 8.81 Å². The Morgan fingerprint density at radius 2 is 1.92 bits per heavy atom. The van der Waals surface area contributed by atoms with Crippen LogP contribution in [0.2, 0.25) is 0 Å². The Kier molecular flexibility index (Phi) is 4.31. The third-order valence-electron chi connectivity index (χ3n) is 4.70. The molecule has 0 bridgehead atoms. The topological polar surface area (TPSA) is 60.0 Å². The Hall–Kier alpha value is -2.54. The van der Waals surface area contributed by atoms with Crippen molar-refractivity contribution in [2.45, 2.75) is 25.3 Å². The van der Waals surface area contributed by atoms with Gasteiger partial charge in [0.1, 0.15) is 5.82 Å². The van der Waals surface area contributed by atoms with Crippen LogP contribution in [0.4, 0.5) is 4.39 Å². The number of rotatable bonds is 4. The van der Waals surface area contributed by atoms with Gasteiger partial charge in [-0.1, -0.05) is 0 Å². The van der Waals surface area contributed by atoms with Gasteiger partial charge in [-0.15, -0.1) is 10.2 Å². The SMILES string of the molecule is Cn1cc(C2CCN(Cc3nnc(-c4ccc(F)cc4)o3)CC2)cn1. The number of halogens is 1. The van der Waals surface area contributed by atoms with Gasteiger partial charge in [0.25, 0.3) is 0 Å². The highest BCUT2D eigenvalue weighted by molar-refractivity contribution is 5.51. The maximum Gasteiger partial charge on any atom is 0.247 e. The summed E-state index contributed by atoms with van der Waals surface area (Å²) in [6, 6.07) is 6.07. The number of likely N-dealkylation sites (tertiary alicyclic amines) is 1. The molecule has 1 fully saturated rings. The molecule has 7 heteroatoms. The average Bonchev–Trinajstić information content (AvgIpc) is 3.26. The van der Waals surface area contributed by atoms with Crippen LogP contribution in [0.5, 0.6) is 0 Å². The smallest absolute Gasteiger partial charge is 0.247 e. The second-order valence-electron chi connectivity index (χ2n) is 6.51. The third kappa shape index (κ3) is 3.61. The molecule has 0 spiro atoms. The van der Waals surface area contributed by atoms with Crippen molar-refractivity contribution in [1.82, 2.24) is 24.9 Å². The molecule has 0 saturated carbocycles. The van der Waals surface area contributed by atoms with Crippen LogP contribution in [0.1, 0.15) is 30.2 Å². The van der Waals surface area contributed by atoms with E-state index >= 15 is 0 Å². The highest BCUT2D eigenvalue weighted by Crippen LogP contribution is 2.28. The maximum atomic E-state index is 13.0. The Labute approximate surface area is 145 Å². The first kappa shape index (κ1) is 16.0. The lowest BCUT2D eigenvalue weighted by molar-refractivity contribution is 0.188. The fourth-order valence-corrected chi connectivity index (χ4v) is 3.29. The number of benzene rings is 1. The molecule has 2 aromatic heterocycles. The van der Waals surface area contributed by atoms with E-state index in [1.54, 1.807) is 12.1 Å². The van der Waals surface area contributed by atoms with Gasteiger partial charge >= 0.3 is 0 Å². The molecular formula is C18H20FN5O. The molecule has 0 unspecified atom stereocenters. The Morgan fingerprint density at radius 1 is 1.16 bits per heavy atom. The van der Waals surface area contributed by atoms with E-state index in [1.165, 1.54) is 17.7 Å². The van der Waals surface area contributed by atoms with E-state index in [0.29, 0.717) is 24.2 Å². The number of nitrogens with zero attached hydrogens (tertiary/aromatic N) is 5. The summed E-state index contributed by atoms with van der Waals surface area (Å²) in [7, 11) is 1.95. The lowest BCUT2D eigenvalue weighted by Gasteiger charge is -2.30. The van der Waals surface area contributed by atoms with E-state index in [0.717, 1.165) is 31.5 Å². The lowest BCUT2D eigenvalue weighted by Crippen LogP contribution is -2.32. The van der Waals surface area contributed by atoms with E-state index < -0.39 is 0 Å². The summed E-state index contributed by atoms with van der Waals surface area (Å²) in [6.07, 6.45) is 6.27. The fraction of sp³-hybridized carbons (Fsp3) is 0.389. The largest absolute Gasteiger partial charge is 0.419 e. The van der Waals surface area contributed by atoms with Gasteiger partial charge in [0, 0.05) is 18.8 Å². The van der Waals surface area contributed by atoms with Gasteiger partial charge in [0.15, 0.2) is 0 Å². The minimum Gasteiger partial charge on any atom is -0.419 e. The van der Waals surface area contributed by atoms with Gasteiger partial charge in [0.2, 0.25) is 11.8 Å². The van der Waals surface area contributed by atoms with E-state index in [9.17, 15) is 4.39 Å². The average molecular weight is 341 g/mol. The van der Waals surface area contributed by atoms with Crippen LogP contribution in [-0.4, -0.2) is 38.0 Å². The number of piperidine rings is 1. The van der Waals surface area contributed by atoms with Crippen LogP contribution in [0.25, 0.3) is 11.5 Å². The first-order valence-electron chi connectivity index (χ1n) is 8.46. The van der Waals surface area contributed by atoms with Crippen LogP contribution in [0.15, 0.2) is 41.1 Å². The minimum absolute atomic E-state index is 0.278. The van der Waals surface area contributed by atoms with Gasteiger partial charge in [-0.3, -0.25) is 9.58 Å². The van der Waals surface area contributed by atoms with E-state index in [4.69, 9.17) is 4.42 Å². The quantitative estimate of drug-likeness (QED) is 0.730. The van der Waals surface area contributed by atoms with Gasteiger partial charge in [-0.05, 0) is 61.7 Å².